The van der Waals surface area contributed by atoms with E-state index in [1.165, 1.54) is 16.6 Å². The van der Waals surface area contributed by atoms with Gasteiger partial charge in [0, 0.05) is 0 Å². The van der Waals surface area contributed by atoms with Gasteiger partial charge in [-0.05, 0) is 56.4 Å². The molecule has 0 spiro atoms. The van der Waals surface area contributed by atoms with E-state index in [1.807, 2.05) is 12.1 Å². The Hall–Kier alpha value is -1.08. The molecule has 0 amide bonds. The van der Waals surface area contributed by atoms with Crippen LogP contribution in [0.3, 0.4) is 0 Å². The van der Waals surface area contributed by atoms with Crippen molar-refractivity contribution in [2.45, 2.75) is 78.2 Å². The van der Waals surface area contributed by atoms with Gasteiger partial charge in [0.1, 0.15) is 5.75 Å². The van der Waals surface area contributed by atoms with Crippen LogP contribution >= 0.6 is 0 Å². The molecule has 0 aliphatic carbocycles. The van der Waals surface area contributed by atoms with Gasteiger partial charge >= 0.3 is 7.12 Å². The number of hydrogen-bond acceptors (Lipinski definition) is 3. The minimum Gasteiger partial charge on any atom is -0.497 e. The number of ether oxygens (including phenoxy) is 1. The average molecular weight is 431 g/mol. The van der Waals surface area contributed by atoms with Crippen molar-refractivity contribution in [2.75, 3.05) is 7.11 Å². The lowest BCUT2D eigenvalue weighted by Crippen LogP contribution is -2.41. The van der Waals surface area contributed by atoms with Crippen molar-refractivity contribution < 1.29 is 14.0 Å². The Morgan fingerprint density at radius 2 is 1.28 bits per heavy atom. The normalized spacial score (nSPS) is 20.2. The van der Waals surface area contributed by atoms with Gasteiger partial charge in [-0.3, -0.25) is 0 Å². The molecule has 0 atom stereocenters. The van der Waals surface area contributed by atoms with E-state index >= 15 is 0 Å². The van der Waals surface area contributed by atoms with Crippen LogP contribution in [0.1, 0.15) is 33.3 Å². The zero-order valence-electron chi connectivity index (χ0n) is 20.3. The second-order valence-electron chi connectivity index (χ2n) is 11.2. The molecular formula is C23H39BO3Si2. The molecule has 1 aromatic carbocycles. The summed E-state index contributed by atoms with van der Waals surface area (Å²) in [4.78, 5) is 0. The van der Waals surface area contributed by atoms with Crippen LogP contribution in [0.2, 0.25) is 39.3 Å². The summed E-state index contributed by atoms with van der Waals surface area (Å²) < 4.78 is 18.4. The first-order valence-electron chi connectivity index (χ1n) is 10.5. The molecule has 1 fully saturated rings. The van der Waals surface area contributed by atoms with Gasteiger partial charge < -0.3 is 14.0 Å². The smallest absolute Gasteiger partial charge is 0.494 e. The van der Waals surface area contributed by atoms with Gasteiger partial charge in [0.05, 0.1) is 34.5 Å². The number of methoxy groups -OCH3 is 1. The summed E-state index contributed by atoms with van der Waals surface area (Å²) >= 11 is 0. The highest BCUT2D eigenvalue weighted by Gasteiger charge is 2.53. The van der Waals surface area contributed by atoms with Crippen molar-refractivity contribution in [1.29, 1.82) is 0 Å². The standard InChI is InChI=1S/C23H39BO3Si2/c1-22(2)23(3,4)27-24(26-22)21(17-29(9,10)11)20(16-28(6,7)8)18-12-14-19(25-5)15-13-18/h12-17H,1-11H3/b20-16+,21-17-. The Morgan fingerprint density at radius 3 is 1.66 bits per heavy atom. The third kappa shape index (κ3) is 6.20. The Bertz CT molecular complexity index is 766. The minimum atomic E-state index is -1.54. The van der Waals surface area contributed by atoms with E-state index in [0.29, 0.717) is 0 Å². The van der Waals surface area contributed by atoms with Crippen molar-refractivity contribution in [3.63, 3.8) is 0 Å². The molecule has 29 heavy (non-hydrogen) atoms. The molecule has 3 nitrogen and oxygen atoms in total. The monoisotopic (exact) mass is 430 g/mol. The van der Waals surface area contributed by atoms with Gasteiger partial charge in [-0.1, -0.05) is 62.8 Å². The van der Waals surface area contributed by atoms with E-state index in [1.54, 1.807) is 7.11 Å². The topological polar surface area (TPSA) is 27.7 Å². The molecule has 0 radical (unpaired) electrons. The third-order valence-electron chi connectivity index (χ3n) is 5.39. The Labute approximate surface area is 180 Å². The van der Waals surface area contributed by atoms with Gasteiger partial charge in [0.2, 0.25) is 0 Å². The van der Waals surface area contributed by atoms with E-state index in [4.69, 9.17) is 14.0 Å². The predicted octanol–water partition coefficient (Wildman–Crippen LogP) is 6.39. The summed E-state index contributed by atoms with van der Waals surface area (Å²) in [5.74, 6) is 0.868. The fourth-order valence-electron chi connectivity index (χ4n) is 3.25. The van der Waals surface area contributed by atoms with E-state index in [2.05, 4.69) is 90.5 Å². The first-order valence-corrected chi connectivity index (χ1v) is 17.7. The molecule has 1 aromatic rings. The second kappa shape index (κ2) is 8.21. The summed E-state index contributed by atoms with van der Waals surface area (Å²) in [5.41, 5.74) is 7.81. The summed E-state index contributed by atoms with van der Waals surface area (Å²) in [6, 6.07) is 8.36. The molecule has 1 aliphatic heterocycles. The highest BCUT2D eigenvalue weighted by molar-refractivity contribution is 6.84. The van der Waals surface area contributed by atoms with Crippen LogP contribution in [0, 0.1) is 0 Å². The van der Waals surface area contributed by atoms with Crippen LogP contribution in [0.5, 0.6) is 5.75 Å². The van der Waals surface area contributed by atoms with Gasteiger partial charge in [0.25, 0.3) is 0 Å². The highest BCUT2D eigenvalue weighted by Crippen LogP contribution is 2.42. The predicted molar refractivity (Wildman–Crippen MR) is 132 cm³/mol. The summed E-state index contributed by atoms with van der Waals surface area (Å²) in [5, 5.41) is 0. The van der Waals surface area contributed by atoms with E-state index < -0.39 is 16.1 Å². The second-order valence-corrected chi connectivity index (χ2v) is 21.2. The van der Waals surface area contributed by atoms with Crippen LogP contribution in [0.4, 0.5) is 0 Å². The first-order chi connectivity index (χ1) is 13.0. The average Bonchev–Trinajstić information content (AvgIpc) is 2.77. The van der Waals surface area contributed by atoms with Crippen LogP contribution in [-0.2, 0) is 9.31 Å². The van der Waals surface area contributed by atoms with Gasteiger partial charge in [-0.2, -0.15) is 0 Å². The Balaban J connectivity index is 2.66. The maximum Gasteiger partial charge on any atom is 0.494 e. The van der Waals surface area contributed by atoms with Crippen molar-refractivity contribution in [1.82, 2.24) is 0 Å². The molecular weight excluding hydrogens is 391 g/mol. The molecule has 6 heteroatoms. The lowest BCUT2D eigenvalue weighted by Gasteiger charge is -2.32. The number of allylic oxidation sites excluding steroid dienone is 2. The van der Waals surface area contributed by atoms with Crippen LogP contribution in [0.25, 0.3) is 5.57 Å². The molecule has 160 valence electrons. The lowest BCUT2D eigenvalue weighted by molar-refractivity contribution is 0.00578. The third-order valence-corrected chi connectivity index (χ3v) is 7.72. The quantitative estimate of drug-likeness (QED) is 0.387. The first kappa shape index (κ1) is 24.2. The zero-order chi connectivity index (χ0) is 22.3. The molecule has 0 unspecified atom stereocenters. The maximum absolute atomic E-state index is 6.52. The molecule has 1 heterocycles. The number of rotatable bonds is 6. The Kier molecular flexibility index (Phi) is 6.85. The minimum absolute atomic E-state index is 0.361. The summed E-state index contributed by atoms with van der Waals surface area (Å²) in [6.07, 6.45) is 0. The van der Waals surface area contributed by atoms with Crippen LogP contribution < -0.4 is 4.74 Å². The van der Waals surface area contributed by atoms with E-state index in [-0.39, 0.29) is 18.3 Å². The molecule has 0 N–H and O–H groups in total. The lowest BCUT2D eigenvalue weighted by atomic mass is 9.73. The molecule has 2 rings (SSSR count). The van der Waals surface area contributed by atoms with Crippen molar-refractivity contribution in [2.24, 2.45) is 0 Å². The maximum atomic E-state index is 6.52. The van der Waals surface area contributed by atoms with Gasteiger partial charge in [0.15, 0.2) is 0 Å². The fourth-order valence-corrected chi connectivity index (χ4v) is 5.67. The Morgan fingerprint density at radius 1 is 0.828 bits per heavy atom. The fraction of sp³-hybridized carbons (Fsp3) is 0.565. The van der Waals surface area contributed by atoms with Crippen molar-refractivity contribution >= 4 is 28.8 Å². The van der Waals surface area contributed by atoms with E-state index in [9.17, 15) is 0 Å². The van der Waals surface area contributed by atoms with Crippen LogP contribution in [-0.4, -0.2) is 41.6 Å². The summed E-state index contributed by atoms with van der Waals surface area (Å²) in [6.45, 7) is 22.7. The number of benzene rings is 1. The summed E-state index contributed by atoms with van der Waals surface area (Å²) in [7, 11) is -1.72. The van der Waals surface area contributed by atoms with Crippen molar-refractivity contribution in [3.05, 3.63) is 46.7 Å². The molecule has 0 saturated carbocycles. The van der Waals surface area contributed by atoms with E-state index in [0.717, 1.165) is 5.75 Å². The number of hydrogen-bond donors (Lipinski definition) is 0. The largest absolute Gasteiger partial charge is 0.497 e. The van der Waals surface area contributed by atoms with Gasteiger partial charge in [-0.25, -0.2) is 0 Å². The zero-order valence-corrected chi connectivity index (χ0v) is 22.3. The van der Waals surface area contributed by atoms with Gasteiger partial charge in [-0.15, -0.1) is 0 Å². The molecule has 1 aliphatic rings. The molecule has 1 saturated heterocycles. The van der Waals surface area contributed by atoms with Crippen LogP contribution in [0.15, 0.2) is 41.1 Å². The SMILES string of the molecule is COc1ccc(C(=C\[Si](C)(C)C)/C(=C/[Si](C)(C)C)B2OC(C)(C)C(C)(C)O2)cc1. The highest BCUT2D eigenvalue weighted by atomic mass is 28.3. The molecule has 0 bridgehead atoms. The molecule has 0 aromatic heterocycles. The van der Waals surface area contributed by atoms with Crippen molar-refractivity contribution in [3.8, 4) is 5.75 Å².